The minimum absolute atomic E-state index is 0.277. The summed E-state index contributed by atoms with van der Waals surface area (Å²) in [5, 5.41) is 8.37. The first-order chi connectivity index (χ1) is 9.89. The van der Waals surface area contributed by atoms with Crippen molar-refractivity contribution in [3.63, 3.8) is 0 Å². The van der Waals surface area contributed by atoms with E-state index in [0.717, 1.165) is 31.3 Å². The number of nitrogens with one attached hydrogen (secondary N) is 1. The molecule has 0 aromatic carbocycles. The molecule has 2 aliphatic rings. The highest BCUT2D eigenvalue weighted by Crippen LogP contribution is 2.52. The highest BCUT2D eigenvalue weighted by atomic mass is 16.5. The number of hydrogen-bond donors (Lipinski definition) is 1. The Morgan fingerprint density at radius 3 is 2.90 bits per heavy atom. The lowest BCUT2D eigenvalue weighted by molar-refractivity contribution is -0.113. The van der Waals surface area contributed by atoms with Crippen molar-refractivity contribution >= 4 is 0 Å². The Kier molecular flexibility index (Phi) is 3.87. The fraction of sp³-hybridized carbons (Fsp3) is 0.824. The topological polar surface area (TPSA) is 39.1 Å². The van der Waals surface area contributed by atoms with Gasteiger partial charge in [0.25, 0.3) is 0 Å². The Labute approximate surface area is 128 Å². The van der Waals surface area contributed by atoms with Gasteiger partial charge >= 0.3 is 0 Å². The highest BCUT2D eigenvalue weighted by Gasteiger charge is 2.58. The van der Waals surface area contributed by atoms with Crippen LogP contribution in [0.25, 0.3) is 0 Å². The molecule has 1 aliphatic carbocycles. The summed E-state index contributed by atoms with van der Waals surface area (Å²) in [6, 6.07) is 2.75. The third kappa shape index (κ3) is 2.64. The molecular formula is C17H29N3O. The summed E-state index contributed by atoms with van der Waals surface area (Å²) in [5.41, 5.74) is 2.64. The van der Waals surface area contributed by atoms with Gasteiger partial charge in [-0.05, 0) is 38.8 Å². The Morgan fingerprint density at radius 2 is 2.24 bits per heavy atom. The van der Waals surface area contributed by atoms with Crippen molar-refractivity contribution in [1.29, 1.82) is 0 Å². The summed E-state index contributed by atoms with van der Waals surface area (Å²) in [4.78, 5) is 0. The van der Waals surface area contributed by atoms with Gasteiger partial charge in [0.15, 0.2) is 0 Å². The second kappa shape index (κ2) is 5.40. The Bertz CT molecular complexity index is 508. The van der Waals surface area contributed by atoms with Crippen molar-refractivity contribution in [3.8, 4) is 0 Å². The molecule has 2 fully saturated rings. The summed E-state index contributed by atoms with van der Waals surface area (Å²) >= 11 is 0. The van der Waals surface area contributed by atoms with Gasteiger partial charge in [0, 0.05) is 36.2 Å². The third-order valence-electron chi connectivity index (χ3n) is 5.37. The average Bonchev–Trinajstić information content (AvgIpc) is 2.95. The lowest BCUT2D eigenvalue weighted by atomic mass is 9.57. The number of aromatic nitrogens is 2. The third-order valence-corrected chi connectivity index (χ3v) is 5.37. The monoisotopic (exact) mass is 291 g/mol. The van der Waals surface area contributed by atoms with E-state index in [-0.39, 0.29) is 5.41 Å². The van der Waals surface area contributed by atoms with Crippen LogP contribution in [0.5, 0.6) is 0 Å². The van der Waals surface area contributed by atoms with Crippen LogP contribution < -0.4 is 5.32 Å². The van der Waals surface area contributed by atoms with Crippen LogP contribution in [0.15, 0.2) is 6.07 Å². The molecule has 4 atom stereocenters. The van der Waals surface area contributed by atoms with Crippen molar-refractivity contribution in [2.75, 3.05) is 13.2 Å². The van der Waals surface area contributed by atoms with Crippen LogP contribution in [-0.2, 0) is 11.3 Å². The lowest BCUT2D eigenvalue weighted by Crippen LogP contribution is -2.66. The fourth-order valence-electron chi connectivity index (χ4n) is 4.29. The first-order valence-corrected chi connectivity index (χ1v) is 8.25. The van der Waals surface area contributed by atoms with Gasteiger partial charge < -0.3 is 10.1 Å². The van der Waals surface area contributed by atoms with E-state index in [9.17, 15) is 0 Å². The molecule has 1 aromatic heterocycles. The maximum absolute atomic E-state index is 5.86. The average molecular weight is 291 g/mol. The number of hydrogen-bond acceptors (Lipinski definition) is 3. The highest BCUT2D eigenvalue weighted by molar-refractivity contribution is 5.11. The zero-order chi connectivity index (χ0) is 15.2. The molecular weight excluding hydrogens is 262 g/mol. The van der Waals surface area contributed by atoms with Crippen molar-refractivity contribution in [1.82, 2.24) is 15.1 Å². The lowest BCUT2D eigenvalue weighted by Gasteiger charge is -2.55. The summed E-state index contributed by atoms with van der Waals surface area (Å²) in [7, 11) is 0. The summed E-state index contributed by atoms with van der Waals surface area (Å²) in [5.74, 6) is 1.31. The van der Waals surface area contributed by atoms with E-state index in [4.69, 9.17) is 4.74 Å². The van der Waals surface area contributed by atoms with Crippen LogP contribution in [0.4, 0.5) is 0 Å². The summed E-state index contributed by atoms with van der Waals surface area (Å²) < 4.78 is 8.00. The largest absolute Gasteiger partial charge is 0.377 e. The summed E-state index contributed by atoms with van der Waals surface area (Å²) in [6.07, 6.45) is 1.69. The van der Waals surface area contributed by atoms with Crippen LogP contribution in [0.1, 0.15) is 38.6 Å². The first-order valence-electron chi connectivity index (χ1n) is 8.25. The Morgan fingerprint density at radius 1 is 1.48 bits per heavy atom. The van der Waals surface area contributed by atoms with Gasteiger partial charge in [-0.1, -0.05) is 20.8 Å². The van der Waals surface area contributed by atoms with Crippen LogP contribution in [0.2, 0.25) is 0 Å². The van der Waals surface area contributed by atoms with Gasteiger partial charge in [-0.15, -0.1) is 0 Å². The van der Waals surface area contributed by atoms with Gasteiger partial charge in [-0.3, -0.25) is 4.68 Å². The molecule has 1 aromatic rings. The van der Waals surface area contributed by atoms with Crippen molar-refractivity contribution < 1.29 is 4.74 Å². The molecule has 0 unspecified atom stereocenters. The van der Waals surface area contributed by atoms with E-state index >= 15 is 0 Å². The Balaban J connectivity index is 1.52. The number of fused-ring (bicyclic) bond motifs is 1. The van der Waals surface area contributed by atoms with E-state index in [1.807, 2.05) is 0 Å². The molecule has 4 heteroatoms. The van der Waals surface area contributed by atoms with Gasteiger partial charge in [0.2, 0.25) is 0 Å². The van der Waals surface area contributed by atoms with E-state index in [1.165, 1.54) is 12.1 Å². The van der Waals surface area contributed by atoms with Gasteiger partial charge in [0.1, 0.15) is 0 Å². The van der Waals surface area contributed by atoms with E-state index in [2.05, 4.69) is 55.8 Å². The fourth-order valence-corrected chi connectivity index (χ4v) is 4.29. The second-order valence-corrected chi connectivity index (χ2v) is 7.67. The smallest absolute Gasteiger partial charge is 0.0685 e. The maximum atomic E-state index is 5.86. The summed E-state index contributed by atoms with van der Waals surface area (Å²) in [6.45, 7) is 14.2. The molecule has 0 bridgehead atoms. The van der Waals surface area contributed by atoms with Crippen LogP contribution in [0.3, 0.4) is 0 Å². The number of aryl methyl sites for hydroxylation is 2. The van der Waals surface area contributed by atoms with Crippen molar-refractivity contribution in [2.45, 2.75) is 59.7 Å². The predicted octanol–water partition coefficient (Wildman–Crippen LogP) is 2.54. The van der Waals surface area contributed by atoms with Gasteiger partial charge in [-0.25, -0.2) is 0 Å². The molecule has 0 spiro atoms. The van der Waals surface area contributed by atoms with Crippen molar-refractivity contribution in [2.24, 2.45) is 17.3 Å². The number of ether oxygens (including phenoxy) is 1. The molecule has 4 nitrogen and oxygen atoms in total. The maximum Gasteiger partial charge on any atom is 0.0685 e. The predicted molar refractivity (Wildman–Crippen MR) is 84.3 cm³/mol. The minimum Gasteiger partial charge on any atom is -0.377 e. The molecule has 21 heavy (non-hydrogen) atoms. The van der Waals surface area contributed by atoms with Crippen molar-refractivity contribution in [3.05, 3.63) is 17.5 Å². The minimum atomic E-state index is 0.277. The molecule has 3 rings (SSSR count). The molecule has 0 amide bonds. The zero-order valence-corrected chi connectivity index (χ0v) is 14.0. The standard InChI is InChI=1S/C17H29N3O/c1-11(10-20-13(3)8-12(2)19-20)9-18-15-14-6-7-21-16(14)17(15,4)5/h8,11,14-16,18H,6-7,9-10H2,1-5H3/t11-,14+,15-,16-/m1/s1. The van der Waals surface area contributed by atoms with E-state index in [1.54, 1.807) is 0 Å². The van der Waals surface area contributed by atoms with E-state index < -0.39 is 0 Å². The van der Waals surface area contributed by atoms with Gasteiger partial charge in [-0.2, -0.15) is 5.10 Å². The number of nitrogens with zero attached hydrogens (tertiary/aromatic N) is 2. The molecule has 2 heterocycles. The van der Waals surface area contributed by atoms with Gasteiger partial charge in [0.05, 0.1) is 11.8 Å². The molecule has 1 aliphatic heterocycles. The molecule has 1 saturated heterocycles. The molecule has 118 valence electrons. The molecule has 0 radical (unpaired) electrons. The quantitative estimate of drug-likeness (QED) is 0.906. The van der Waals surface area contributed by atoms with Crippen LogP contribution in [0, 0.1) is 31.1 Å². The molecule has 1 saturated carbocycles. The SMILES string of the molecule is Cc1cc(C)n(C[C@H](C)CN[C@@H]2[C@@H]3CCO[C@H]3C2(C)C)n1. The molecule has 1 N–H and O–H groups in total. The number of rotatable bonds is 5. The first kappa shape index (κ1) is 15.0. The Hall–Kier alpha value is -0.870. The normalized spacial score (nSPS) is 31.8. The zero-order valence-electron chi connectivity index (χ0n) is 14.0. The van der Waals surface area contributed by atoms with E-state index in [0.29, 0.717) is 18.1 Å². The van der Waals surface area contributed by atoms with Crippen LogP contribution in [-0.4, -0.2) is 35.1 Å². The second-order valence-electron chi connectivity index (χ2n) is 7.67. The van der Waals surface area contributed by atoms with Crippen LogP contribution >= 0.6 is 0 Å².